The number of ether oxygens (including phenoxy) is 6. The summed E-state index contributed by atoms with van der Waals surface area (Å²) in [6, 6.07) is 2.51. The molecule has 0 aliphatic heterocycles. The van der Waals surface area contributed by atoms with Crippen LogP contribution in [0.1, 0.15) is 62.3 Å². The minimum absolute atomic E-state index is 0.136. The van der Waals surface area contributed by atoms with Crippen molar-refractivity contribution in [3.8, 4) is 11.5 Å². The topological polar surface area (TPSA) is 124 Å². The van der Waals surface area contributed by atoms with Crippen LogP contribution in [0.2, 0.25) is 0 Å². The SMILES string of the molecule is COC(=O)c1ccc(C(=O)OC)c(OCC(=O)OC(C)(C)C)c1OCC(=O)OC(C)(C)C. The van der Waals surface area contributed by atoms with Crippen molar-refractivity contribution in [3.05, 3.63) is 23.3 Å². The summed E-state index contributed by atoms with van der Waals surface area (Å²) in [5, 5.41) is 0. The number of carbonyl (C=O) groups is 4. The van der Waals surface area contributed by atoms with Crippen molar-refractivity contribution in [2.45, 2.75) is 52.7 Å². The molecule has 0 spiro atoms. The van der Waals surface area contributed by atoms with E-state index in [1.807, 2.05) is 0 Å². The van der Waals surface area contributed by atoms with E-state index in [4.69, 9.17) is 28.4 Å². The second-order valence-electron chi connectivity index (χ2n) is 8.55. The molecule has 1 rings (SSSR count). The Bertz CT molecular complexity index is 788. The quantitative estimate of drug-likeness (QED) is 0.428. The van der Waals surface area contributed by atoms with Crippen LogP contribution in [0, 0.1) is 0 Å². The molecule has 0 amide bonds. The standard InChI is InChI=1S/C22H30O10/c1-21(2,3)31-15(23)11-29-17-13(19(25)27-7)9-10-14(20(26)28-8)18(17)30-12-16(24)32-22(4,5)6/h9-10H,11-12H2,1-8H3. The Morgan fingerprint density at radius 2 is 0.969 bits per heavy atom. The monoisotopic (exact) mass is 454 g/mol. The van der Waals surface area contributed by atoms with Crippen LogP contribution in [0.25, 0.3) is 0 Å². The summed E-state index contributed by atoms with van der Waals surface area (Å²) >= 11 is 0. The molecule has 0 atom stereocenters. The fourth-order valence-corrected chi connectivity index (χ4v) is 2.39. The lowest BCUT2D eigenvalue weighted by molar-refractivity contribution is -0.158. The van der Waals surface area contributed by atoms with E-state index in [2.05, 4.69) is 0 Å². The van der Waals surface area contributed by atoms with Gasteiger partial charge in [-0.1, -0.05) is 0 Å². The molecule has 32 heavy (non-hydrogen) atoms. The van der Waals surface area contributed by atoms with Crippen molar-refractivity contribution < 1.29 is 47.6 Å². The average molecular weight is 454 g/mol. The molecule has 0 heterocycles. The van der Waals surface area contributed by atoms with E-state index in [1.54, 1.807) is 41.5 Å². The zero-order chi connectivity index (χ0) is 24.7. The van der Waals surface area contributed by atoms with Gasteiger partial charge in [-0.2, -0.15) is 0 Å². The Morgan fingerprint density at radius 3 is 1.22 bits per heavy atom. The number of esters is 4. The molecule has 0 aromatic heterocycles. The lowest BCUT2D eigenvalue weighted by atomic mass is 10.1. The first-order valence-electron chi connectivity index (χ1n) is 9.71. The van der Waals surface area contributed by atoms with Crippen LogP contribution in [-0.4, -0.2) is 62.5 Å². The number of hydrogen-bond acceptors (Lipinski definition) is 10. The maximum atomic E-state index is 12.3. The highest BCUT2D eigenvalue weighted by molar-refractivity contribution is 5.99. The van der Waals surface area contributed by atoms with Gasteiger partial charge >= 0.3 is 23.9 Å². The molecule has 10 heteroatoms. The van der Waals surface area contributed by atoms with Crippen LogP contribution in [0.15, 0.2) is 12.1 Å². The predicted octanol–water partition coefficient (Wildman–Crippen LogP) is 2.70. The number of carbonyl (C=O) groups excluding carboxylic acids is 4. The van der Waals surface area contributed by atoms with Gasteiger partial charge in [0.2, 0.25) is 0 Å². The molecule has 0 aliphatic carbocycles. The Labute approximate surface area is 187 Å². The highest BCUT2D eigenvalue weighted by Crippen LogP contribution is 2.36. The summed E-state index contributed by atoms with van der Waals surface area (Å²) in [6.45, 7) is 8.87. The molecule has 0 saturated carbocycles. The number of hydrogen-bond donors (Lipinski definition) is 0. The van der Waals surface area contributed by atoms with Crippen molar-refractivity contribution in [2.24, 2.45) is 0 Å². The molecular formula is C22H30O10. The van der Waals surface area contributed by atoms with Gasteiger partial charge in [-0.15, -0.1) is 0 Å². The van der Waals surface area contributed by atoms with E-state index in [1.165, 1.54) is 12.1 Å². The van der Waals surface area contributed by atoms with Crippen LogP contribution in [-0.2, 0) is 28.5 Å². The normalized spacial score (nSPS) is 11.2. The highest BCUT2D eigenvalue weighted by Gasteiger charge is 2.28. The smallest absolute Gasteiger partial charge is 0.344 e. The van der Waals surface area contributed by atoms with Crippen LogP contribution in [0.4, 0.5) is 0 Å². The van der Waals surface area contributed by atoms with Gasteiger partial charge in [0.25, 0.3) is 0 Å². The van der Waals surface area contributed by atoms with Crippen molar-refractivity contribution in [1.29, 1.82) is 0 Å². The molecule has 0 unspecified atom stereocenters. The van der Waals surface area contributed by atoms with Gasteiger partial charge in [-0.25, -0.2) is 19.2 Å². The first-order chi connectivity index (χ1) is 14.7. The van der Waals surface area contributed by atoms with Gasteiger partial charge in [-0.05, 0) is 53.7 Å². The van der Waals surface area contributed by atoms with Crippen molar-refractivity contribution >= 4 is 23.9 Å². The van der Waals surface area contributed by atoms with Gasteiger partial charge in [0.05, 0.1) is 14.2 Å². The van der Waals surface area contributed by atoms with Crippen molar-refractivity contribution in [2.75, 3.05) is 27.4 Å². The average Bonchev–Trinajstić information content (AvgIpc) is 2.66. The van der Waals surface area contributed by atoms with Crippen molar-refractivity contribution in [3.63, 3.8) is 0 Å². The molecule has 0 saturated heterocycles. The first-order valence-corrected chi connectivity index (χ1v) is 9.71. The van der Waals surface area contributed by atoms with Crippen LogP contribution < -0.4 is 9.47 Å². The molecule has 0 bridgehead atoms. The molecule has 1 aromatic carbocycles. The highest BCUT2D eigenvalue weighted by atomic mass is 16.6. The summed E-state index contributed by atoms with van der Waals surface area (Å²) in [5.74, 6) is -3.65. The Morgan fingerprint density at radius 1 is 0.656 bits per heavy atom. The third-order valence-corrected chi connectivity index (χ3v) is 3.43. The van der Waals surface area contributed by atoms with E-state index in [0.717, 1.165) is 14.2 Å². The first kappa shape index (κ1) is 26.7. The third-order valence-electron chi connectivity index (χ3n) is 3.43. The number of methoxy groups -OCH3 is 2. The number of rotatable bonds is 8. The third kappa shape index (κ3) is 8.44. The van der Waals surface area contributed by atoms with Crippen LogP contribution in [0.3, 0.4) is 0 Å². The van der Waals surface area contributed by atoms with Gasteiger partial charge in [0.15, 0.2) is 24.7 Å². The van der Waals surface area contributed by atoms with Gasteiger partial charge in [0, 0.05) is 0 Å². The molecular weight excluding hydrogens is 424 g/mol. The summed E-state index contributed by atoms with van der Waals surface area (Å²) in [6.07, 6.45) is 0. The number of benzene rings is 1. The second kappa shape index (κ2) is 10.8. The fraction of sp³-hybridized carbons (Fsp3) is 0.545. The van der Waals surface area contributed by atoms with E-state index in [-0.39, 0.29) is 22.6 Å². The lowest BCUT2D eigenvalue weighted by Crippen LogP contribution is -2.29. The molecule has 1 aromatic rings. The minimum atomic E-state index is -0.817. The molecule has 0 radical (unpaired) electrons. The summed E-state index contributed by atoms with van der Waals surface area (Å²) in [4.78, 5) is 48.8. The zero-order valence-corrected chi connectivity index (χ0v) is 19.7. The Kier molecular flexibility index (Phi) is 9.05. The summed E-state index contributed by atoms with van der Waals surface area (Å²) in [7, 11) is 2.30. The van der Waals surface area contributed by atoms with Crippen molar-refractivity contribution in [1.82, 2.24) is 0 Å². The van der Waals surface area contributed by atoms with Crippen LogP contribution in [0.5, 0.6) is 11.5 Å². The zero-order valence-electron chi connectivity index (χ0n) is 19.7. The molecule has 0 fully saturated rings. The maximum absolute atomic E-state index is 12.3. The van der Waals surface area contributed by atoms with E-state index < -0.39 is 48.3 Å². The Balaban J connectivity index is 3.38. The maximum Gasteiger partial charge on any atom is 0.344 e. The summed E-state index contributed by atoms with van der Waals surface area (Å²) < 4.78 is 30.9. The molecule has 0 aliphatic rings. The second-order valence-corrected chi connectivity index (χ2v) is 8.55. The fourth-order valence-electron chi connectivity index (χ4n) is 2.39. The van der Waals surface area contributed by atoms with E-state index in [0.29, 0.717) is 0 Å². The largest absolute Gasteiger partial charge is 0.477 e. The van der Waals surface area contributed by atoms with E-state index in [9.17, 15) is 19.2 Å². The van der Waals surface area contributed by atoms with E-state index >= 15 is 0 Å². The minimum Gasteiger partial charge on any atom is -0.477 e. The van der Waals surface area contributed by atoms with Gasteiger partial charge in [-0.3, -0.25) is 0 Å². The molecule has 178 valence electrons. The Hall–Kier alpha value is -3.30. The molecule has 10 nitrogen and oxygen atoms in total. The summed E-state index contributed by atoms with van der Waals surface area (Å²) in [5.41, 5.74) is -1.81. The van der Waals surface area contributed by atoms with Gasteiger partial charge < -0.3 is 28.4 Å². The lowest BCUT2D eigenvalue weighted by Gasteiger charge is -2.22. The van der Waals surface area contributed by atoms with Crippen LogP contribution >= 0.6 is 0 Å². The predicted molar refractivity (Wildman–Crippen MR) is 112 cm³/mol. The molecule has 0 N–H and O–H groups in total. The van der Waals surface area contributed by atoms with Gasteiger partial charge in [0.1, 0.15) is 22.3 Å².